The summed E-state index contributed by atoms with van der Waals surface area (Å²) in [5.74, 6) is -2.72. The van der Waals surface area contributed by atoms with Crippen molar-refractivity contribution in [1.29, 1.82) is 0 Å². The molecule has 0 bridgehead atoms. The molecule has 100 valence electrons. The molecule has 0 spiro atoms. The third kappa shape index (κ3) is 2.55. The van der Waals surface area contributed by atoms with E-state index in [0.29, 0.717) is 6.54 Å². The minimum atomic E-state index is -0.947. The van der Waals surface area contributed by atoms with Crippen molar-refractivity contribution in [3.8, 4) is 0 Å². The third-order valence-electron chi connectivity index (χ3n) is 2.54. The number of benzene rings is 1. The summed E-state index contributed by atoms with van der Waals surface area (Å²) in [6, 6.07) is 2.05. The highest BCUT2D eigenvalue weighted by atomic mass is 79.9. The van der Waals surface area contributed by atoms with Crippen molar-refractivity contribution in [2.45, 2.75) is 13.5 Å². The molecular formula is C12H8BrClF2N2O. The van der Waals surface area contributed by atoms with Crippen LogP contribution < -0.4 is 0 Å². The highest BCUT2D eigenvalue weighted by Crippen LogP contribution is 2.25. The third-order valence-corrected chi connectivity index (χ3v) is 3.28. The maximum absolute atomic E-state index is 13.8. The molecular weight excluding hydrogens is 341 g/mol. The van der Waals surface area contributed by atoms with Gasteiger partial charge >= 0.3 is 0 Å². The molecule has 0 atom stereocenters. The molecule has 1 aromatic carbocycles. The molecule has 19 heavy (non-hydrogen) atoms. The highest BCUT2D eigenvalue weighted by Gasteiger charge is 2.25. The minimum absolute atomic E-state index is 0.0238. The number of rotatable bonds is 3. The molecule has 0 aliphatic rings. The predicted molar refractivity (Wildman–Crippen MR) is 70.4 cm³/mol. The van der Waals surface area contributed by atoms with Gasteiger partial charge in [-0.2, -0.15) is 5.10 Å². The molecule has 1 aromatic heterocycles. The van der Waals surface area contributed by atoms with E-state index in [2.05, 4.69) is 21.0 Å². The molecule has 0 unspecified atom stereocenters. The molecule has 0 radical (unpaired) electrons. The van der Waals surface area contributed by atoms with Gasteiger partial charge in [-0.3, -0.25) is 9.48 Å². The van der Waals surface area contributed by atoms with Crippen LogP contribution in [0.15, 0.2) is 22.8 Å². The molecule has 0 aliphatic carbocycles. The first kappa shape index (κ1) is 14.1. The maximum Gasteiger partial charge on any atom is 0.218 e. The van der Waals surface area contributed by atoms with Crippen molar-refractivity contribution in [1.82, 2.24) is 9.78 Å². The summed E-state index contributed by atoms with van der Waals surface area (Å²) in [4.78, 5) is 12.2. The van der Waals surface area contributed by atoms with E-state index in [0.717, 1.165) is 12.1 Å². The first-order chi connectivity index (χ1) is 8.95. The fourth-order valence-corrected chi connectivity index (χ4v) is 2.33. The van der Waals surface area contributed by atoms with E-state index in [4.69, 9.17) is 11.6 Å². The SMILES string of the molecule is CCn1ncc(Cl)c1C(=O)c1c(F)cc(Br)cc1F. The van der Waals surface area contributed by atoms with E-state index in [1.165, 1.54) is 10.9 Å². The summed E-state index contributed by atoms with van der Waals surface area (Å²) in [7, 11) is 0. The smallest absolute Gasteiger partial charge is 0.218 e. The Morgan fingerprint density at radius 1 is 1.42 bits per heavy atom. The van der Waals surface area contributed by atoms with Gasteiger partial charge in [-0.1, -0.05) is 27.5 Å². The lowest BCUT2D eigenvalue weighted by molar-refractivity contribution is 0.102. The van der Waals surface area contributed by atoms with Crippen LogP contribution in [0.3, 0.4) is 0 Å². The number of aryl methyl sites for hydroxylation is 1. The van der Waals surface area contributed by atoms with E-state index in [1.54, 1.807) is 6.92 Å². The van der Waals surface area contributed by atoms with Gasteiger partial charge in [0.2, 0.25) is 5.78 Å². The van der Waals surface area contributed by atoms with Gasteiger partial charge in [0.05, 0.1) is 16.8 Å². The van der Waals surface area contributed by atoms with Gasteiger partial charge in [0.25, 0.3) is 0 Å². The van der Waals surface area contributed by atoms with Gasteiger partial charge in [-0.05, 0) is 19.1 Å². The van der Waals surface area contributed by atoms with Crippen LogP contribution in [0.4, 0.5) is 8.78 Å². The lowest BCUT2D eigenvalue weighted by Crippen LogP contribution is -2.14. The zero-order valence-corrected chi connectivity index (χ0v) is 12.1. The quantitative estimate of drug-likeness (QED) is 0.790. The fraction of sp³-hybridized carbons (Fsp3) is 0.167. The molecule has 0 fully saturated rings. The number of carbonyl (C=O) groups is 1. The second kappa shape index (κ2) is 5.38. The number of halogens is 4. The lowest BCUT2D eigenvalue weighted by atomic mass is 10.1. The van der Waals surface area contributed by atoms with Gasteiger partial charge in [-0.15, -0.1) is 0 Å². The molecule has 7 heteroatoms. The monoisotopic (exact) mass is 348 g/mol. The standard InChI is InChI=1S/C12H8BrClF2N2O/c1-2-18-11(7(14)5-17-18)12(19)10-8(15)3-6(13)4-9(10)16/h3-5H,2H2,1H3. The largest absolute Gasteiger partial charge is 0.287 e. The molecule has 0 saturated carbocycles. The van der Waals surface area contributed by atoms with Gasteiger partial charge in [0.1, 0.15) is 17.3 Å². The van der Waals surface area contributed by atoms with Crippen LogP contribution in [0.1, 0.15) is 23.0 Å². The Hall–Kier alpha value is -1.27. The van der Waals surface area contributed by atoms with E-state index in [-0.39, 0.29) is 15.2 Å². The first-order valence-corrected chi connectivity index (χ1v) is 6.53. The summed E-state index contributed by atoms with van der Waals surface area (Å²) in [5.41, 5.74) is -0.662. The van der Waals surface area contributed by atoms with Crippen molar-refractivity contribution in [2.75, 3.05) is 0 Å². The number of nitrogens with zero attached hydrogens (tertiary/aromatic N) is 2. The Morgan fingerprint density at radius 3 is 2.53 bits per heavy atom. The molecule has 2 rings (SSSR count). The number of hydrogen-bond acceptors (Lipinski definition) is 2. The second-order valence-electron chi connectivity index (χ2n) is 3.73. The number of aromatic nitrogens is 2. The van der Waals surface area contributed by atoms with E-state index in [1.807, 2.05) is 0 Å². The Balaban J connectivity index is 2.59. The van der Waals surface area contributed by atoms with Crippen LogP contribution in [0, 0.1) is 11.6 Å². The van der Waals surface area contributed by atoms with Crippen molar-refractivity contribution in [3.63, 3.8) is 0 Å². The van der Waals surface area contributed by atoms with E-state index < -0.39 is 23.0 Å². The number of hydrogen-bond donors (Lipinski definition) is 0. The van der Waals surface area contributed by atoms with Crippen LogP contribution in [0.5, 0.6) is 0 Å². The topological polar surface area (TPSA) is 34.9 Å². The van der Waals surface area contributed by atoms with Crippen LogP contribution in [-0.2, 0) is 6.54 Å². The zero-order valence-electron chi connectivity index (χ0n) is 9.75. The molecule has 3 nitrogen and oxygen atoms in total. The molecule has 0 aliphatic heterocycles. The molecule has 2 aromatic rings. The van der Waals surface area contributed by atoms with Crippen LogP contribution >= 0.6 is 27.5 Å². The Kier molecular flexibility index (Phi) is 4.01. The summed E-state index contributed by atoms with van der Waals surface area (Å²) in [5, 5.41) is 3.93. The summed E-state index contributed by atoms with van der Waals surface area (Å²) in [6.07, 6.45) is 1.27. The summed E-state index contributed by atoms with van der Waals surface area (Å²) in [6.45, 7) is 2.11. The number of ketones is 1. The van der Waals surface area contributed by atoms with Gasteiger partial charge < -0.3 is 0 Å². The normalized spacial score (nSPS) is 10.8. The van der Waals surface area contributed by atoms with Crippen molar-refractivity contribution in [3.05, 3.63) is 50.7 Å². The average Bonchev–Trinajstić information content (AvgIpc) is 2.68. The van der Waals surface area contributed by atoms with Crippen LogP contribution in [-0.4, -0.2) is 15.6 Å². The Morgan fingerprint density at radius 2 is 2.00 bits per heavy atom. The van der Waals surface area contributed by atoms with Crippen molar-refractivity contribution < 1.29 is 13.6 Å². The fourth-order valence-electron chi connectivity index (χ4n) is 1.71. The Bertz CT molecular complexity index is 634. The predicted octanol–water partition coefficient (Wildman–Crippen LogP) is 3.83. The Labute approximate surface area is 121 Å². The molecule has 0 saturated heterocycles. The second-order valence-corrected chi connectivity index (χ2v) is 5.05. The van der Waals surface area contributed by atoms with E-state index in [9.17, 15) is 13.6 Å². The number of carbonyl (C=O) groups excluding carboxylic acids is 1. The zero-order chi connectivity index (χ0) is 14.2. The lowest BCUT2D eigenvalue weighted by Gasteiger charge is -2.07. The first-order valence-electron chi connectivity index (χ1n) is 5.36. The minimum Gasteiger partial charge on any atom is -0.287 e. The molecule has 0 amide bonds. The summed E-state index contributed by atoms with van der Waals surface area (Å²) >= 11 is 8.80. The van der Waals surface area contributed by atoms with Crippen LogP contribution in [0.2, 0.25) is 5.02 Å². The van der Waals surface area contributed by atoms with Gasteiger partial charge in [0.15, 0.2) is 0 Å². The summed E-state index contributed by atoms with van der Waals surface area (Å²) < 4.78 is 29.0. The van der Waals surface area contributed by atoms with Crippen LogP contribution in [0.25, 0.3) is 0 Å². The van der Waals surface area contributed by atoms with Gasteiger partial charge in [0, 0.05) is 11.0 Å². The van der Waals surface area contributed by atoms with Crippen molar-refractivity contribution in [2.24, 2.45) is 0 Å². The maximum atomic E-state index is 13.8. The highest BCUT2D eigenvalue weighted by molar-refractivity contribution is 9.10. The van der Waals surface area contributed by atoms with E-state index >= 15 is 0 Å². The average molecular weight is 350 g/mol. The molecule has 1 heterocycles. The molecule has 0 N–H and O–H groups in total. The van der Waals surface area contributed by atoms with Gasteiger partial charge in [-0.25, -0.2) is 8.78 Å². The van der Waals surface area contributed by atoms with Crippen molar-refractivity contribution >= 4 is 33.3 Å².